The fraction of sp³-hybridized carbons (Fsp3) is 0.471. The van der Waals surface area contributed by atoms with Crippen molar-refractivity contribution < 1.29 is 38.3 Å². The van der Waals surface area contributed by atoms with Crippen molar-refractivity contribution in [3.05, 3.63) is 93.1 Å². The molecule has 0 saturated carbocycles. The summed E-state index contributed by atoms with van der Waals surface area (Å²) in [5.74, 6) is -2.30. The van der Waals surface area contributed by atoms with Crippen LogP contribution in [0.25, 0.3) is 22.1 Å². The number of aliphatic hydroxyl groups is 1. The number of nitrogens with one attached hydrogen (secondary N) is 6. The molecule has 4 aromatic rings. The number of benzene rings is 2. The van der Waals surface area contributed by atoms with E-state index in [1.165, 1.54) is 23.1 Å². The second-order valence-electron chi connectivity index (χ2n) is 19.5. The Labute approximate surface area is 412 Å². The van der Waals surface area contributed by atoms with E-state index in [-0.39, 0.29) is 68.6 Å². The number of likely N-dealkylation sites (tertiary alicyclic amines) is 1. The maximum atomic E-state index is 14.0. The molecule has 374 valence electrons. The first-order chi connectivity index (χ1) is 33.4. The third-order valence-corrected chi connectivity index (χ3v) is 14.1. The zero-order chi connectivity index (χ0) is 50.3. The number of nitrogens with zero attached hydrogens (tertiary/aromatic N) is 4. The van der Waals surface area contributed by atoms with Gasteiger partial charge in [-0.1, -0.05) is 45.0 Å². The van der Waals surface area contributed by atoms with Gasteiger partial charge < -0.3 is 46.5 Å². The van der Waals surface area contributed by atoms with Crippen molar-refractivity contribution in [3.63, 3.8) is 0 Å². The molecule has 2 aromatic carbocycles. The third kappa shape index (κ3) is 12.7. The van der Waals surface area contributed by atoms with E-state index in [4.69, 9.17) is 0 Å². The summed E-state index contributed by atoms with van der Waals surface area (Å²) in [4.78, 5) is 93.8. The summed E-state index contributed by atoms with van der Waals surface area (Å²) in [5.41, 5.74) is 7.81. The van der Waals surface area contributed by atoms with Crippen LogP contribution in [-0.4, -0.2) is 142 Å². The number of anilines is 1. The van der Waals surface area contributed by atoms with Crippen molar-refractivity contribution in [1.29, 1.82) is 0 Å². The van der Waals surface area contributed by atoms with Crippen LogP contribution in [-0.2, 0) is 30.5 Å². The van der Waals surface area contributed by atoms with Gasteiger partial charge in [0.05, 0.1) is 39.9 Å². The highest BCUT2D eigenvalue weighted by molar-refractivity contribution is 7.13. The molecule has 70 heavy (non-hydrogen) atoms. The Morgan fingerprint density at radius 2 is 1.66 bits per heavy atom. The molecule has 0 spiro atoms. The number of thiazole rings is 1. The van der Waals surface area contributed by atoms with Crippen LogP contribution in [0.3, 0.4) is 0 Å². The highest BCUT2D eigenvalue weighted by Crippen LogP contribution is 2.35. The lowest BCUT2D eigenvalue weighted by molar-refractivity contribution is -0.144. The van der Waals surface area contributed by atoms with Gasteiger partial charge in [0.1, 0.15) is 17.9 Å². The van der Waals surface area contributed by atoms with E-state index < -0.39 is 35.3 Å². The van der Waals surface area contributed by atoms with Crippen LogP contribution in [0.2, 0.25) is 0 Å². The highest BCUT2D eigenvalue weighted by Gasteiger charge is 2.44. The molecule has 0 aliphatic carbocycles. The summed E-state index contributed by atoms with van der Waals surface area (Å²) in [5, 5.41) is 25.1. The van der Waals surface area contributed by atoms with Crippen LogP contribution in [0, 0.1) is 32.0 Å². The monoisotopic (exact) mass is 980 g/mol. The minimum absolute atomic E-state index is 0.0210. The zero-order valence-corrected chi connectivity index (χ0v) is 41.6. The fourth-order valence-corrected chi connectivity index (χ4v) is 10.0. The molecule has 3 aliphatic heterocycles. The molecule has 2 fully saturated rings. The SMILES string of the molecule is Cc1ncsc1-c1ccc(CNC(=O)[C@@H]2C[C@@H](O)CN2C(=O)[C@@H](NC(=O)CCCNC(=O)CN2CCN(CCCNC(=O)c3c(C)[nH]c(/C=C4\C(=O)Nc5ccc(F)cc54)c3C)CC2)C(C)(C)C)cc1. The number of aryl methyl sites for hydroxylation is 2. The van der Waals surface area contributed by atoms with E-state index in [9.17, 15) is 38.3 Å². The van der Waals surface area contributed by atoms with Crippen molar-refractivity contribution in [2.24, 2.45) is 5.41 Å². The average molecular weight is 981 g/mol. The summed E-state index contributed by atoms with van der Waals surface area (Å²) in [6.45, 7) is 16.0. The first kappa shape index (κ1) is 51.6. The maximum Gasteiger partial charge on any atom is 0.256 e. The van der Waals surface area contributed by atoms with Crippen molar-refractivity contribution in [2.45, 2.75) is 92.0 Å². The van der Waals surface area contributed by atoms with Crippen LogP contribution < -0.4 is 26.6 Å². The number of rotatable bonds is 18. The molecule has 3 aliphatic rings. The molecular weight excluding hydrogens is 916 g/mol. The number of β-amino-alcohol motifs (C(OH)–C–C–N with tert-alkyl or cyclic N) is 1. The quantitative estimate of drug-likeness (QED) is 0.0558. The second-order valence-corrected chi connectivity index (χ2v) is 20.3. The highest BCUT2D eigenvalue weighted by atomic mass is 32.1. The number of carbonyl (C=O) groups is 6. The Kier molecular flexibility index (Phi) is 16.7. The molecule has 7 rings (SSSR count). The average Bonchev–Trinajstić information content (AvgIpc) is 4.08. The second kappa shape index (κ2) is 22.6. The Hall–Kier alpha value is -6.28. The van der Waals surface area contributed by atoms with Gasteiger partial charge in [0.15, 0.2) is 0 Å². The van der Waals surface area contributed by atoms with Gasteiger partial charge in [0.25, 0.3) is 11.8 Å². The lowest BCUT2D eigenvalue weighted by atomic mass is 9.85. The normalized spacial score (nSPS) is 18.4. The first-order valence-electron chi connectivity index (χ1n) is 23.9. The Morgan fingerprint density at radius 3 is 2.36 bits per heavy atom. The predicted octanol–water partition coefficient (Wildman–Crippen LogP) is 4.14. The Balaban J connectivity index is 0.779. The summed E-state index contributed by atoms with van der Waals surface area (Å²) >= 11 is 1.57. The number of aromatic nitrogens is 2. The van der Waals surface area contributed by atoms with Gasteiger partial charge in [-0.2, -0.15) is 0 Å². The number of hydrogen-bond acceptors (Lipinski definition) is 11. The number of aromatic amines is 1. The molecule has 0 radical (unpaired) electrons. The predicted molar refractivity (Wildman–Crippen MR) is 267 cm³/mol. The van der Waals surface area contributed by atoms with Gasteiger partial charge in [-0.15, -0.1) is 11.3 Å². The van der Waals surface area contributed by atoms with E-state index in [1.54, 1.807) is 29.8 Å². The summed E-state index contributed by atoms with van der Waals surface area (Å²) in [7, 11) is 0. The molecule has 0 unspecified atom stereocenters. The molecule has 17 nitrogen and oxygen atoms in total. The summed E-state index contributed by atoms with van der Waals surface area (Å²) < 4.78 is 14.0. The zero-order valence-electron chi connectivity index (χ0n) is 40.8. The molecule has 2 aromatic heterocycles. The minimum atomic E-state index is -0.949. The standard InChI is InChI=1S/C51H65FN10O7S/c1-30-40(25-38-37-23-35(52)14-15-39(37)58-47(38)66)57-31(2)44(30)49(68)54-17-8-18-60-19-21-61(22-20-60)28-43(65)53-16-7-9-42(64)59-46(51(4,5)6)50(69)62-27-36(63)24-41(62)48(67)55-26-33-10-12-34(13-11-33)45-32(3)56-29-70-45/h10-15,23,25,29,36,41,46,57,63H,7-9,16-22,24,26-28H2,1-6H3,(H,53,65)(H,54,68)(H,55,67)(H,58,66)(H,59,64)/b38-25-/t36-,41+,46-/m1/s1. The molecule has 6 amide bonds. The minimum Gasteiger partial charge on any atom is -0.391 e. The van der Waals surface area contributed by atoms with Crippen LogP contribution >= 0.6 is 11.3 Å². The van der Waals surface area contributed by atoms with Gasteiger partial charge >= 0.3 is 0 Å². The van der Waals surface area contributed by atoms with E-state index in [2.05, 4.69) is 46.4 Å². The van der Waals surface area contributed by atoms with Crippen LogP contribution in [0.4, 0.5) is 10.1 Å². The summed E-state index contributed by atoms with van der Waals surface area (Å²) in [6, 6.07) is 10.1. The molecule has 0 bridgehead atoms. The Bertz CT molecular complexity index is 2610. The molecule has 7 N–H and O–H groups in total. The van der Waals surface area contributed by atoms with Gasteiger partial charge in [-0.25, -0.2) is 9.37 Å². The van der Waals surface area contributed by atoms with Gasteiger partial charge in [-0.05, 0) is 86.5 Å². The smallest absolute Gasteiger partial charge is 0.256 e. The first-order valence-corrected chi connectivity index (χ1v) is 24.8. The van der Waals surface area contributed by atoms with Crippen molar-refractivity contribution >= 4 is 64.1 Å². The van der Waals surface area contributed by atoms with E-state index in [1.807, 2.05) is 58.9 Å². The van der Waals surface area contributed by atoms with Crippen LogP contribution in [0.15, 0.2) is 48.0 Å². The van der Waals surface area contributed by atoms with Gasteiger partial charge in [0, 0.05) is 87.8 Å². The van der Waals surface area contributed by atoms with Crippen molar-refractivity contribution in [2.75, 3.05) is 64.2 Å². The largest absolute Gasteiger partial charge is 0.391 e. The number of fused-ring (bicyclic) bond motifs is 1. The fourth-order valence-electron chi connectivity index (χ4n) is 9.22. The molecule has 19 heteroatoms. The third-order valence-electron chi connectivity index (χ3n) is 13.1. The number of halogens is 1. The van der Waals surface area contributed by atoms with E-state index in [0.717, 1.165) is 47.8 Å². The van der Waals surface area contributed by atoms with E-state index in [0.29, 0.717) is 65.4 Å². The van der Waals surface area contributed by atoms with Crippen molar-refractivity contribution in [1.82, 2.24) is 45.9 Å². The molecular formula is C51H65FN10O7S. The number of piperazine rings is 1. The van der Waals surface area contributed by atoms with Gasteiger partial charge in [-0.3, -0.25) is 33.7 Å². The maximum absolute atomic E-state index is 14.0. The van der Waals surface area contributed by atoms with Crippen LogP contribution in [0.5, 0.6) is 0 Å². The van der Waals surface area contributed by atoms with Gasteiger partial charge in [0.2, 0.25) is 23.6 Å². The molecule has 5 heterocycles. The Morgan fingerprint density at radius 1 is 0.943 bits per heavy atom. The lowest BCUT2D eigenvalue weighted by Crippen LogP contribution is -2.57. The molecule has 3 atom stereocenters. The van der Waals surface area contributed by atoms with Crippen molar-refractivity contribution in [3.8, 4) is 10.4 Å². The number of carbonyl (C=O) groups excluding carboxylic acids is 6. The number of amides is 6. The number of H-pyrrole nitrogens is 1. The lowest BCUT2D eigenvalue weighted by Gasteiger charge is -2.35. The van der Waals surface area contributed by atoms with E-state index >= 15 is 0 Å². The summed E-state index contributed by atoms with van der Waals surface area (Å²) in [6.07, 6.45) is 2.04. The number of aliphatic hydroxyl groups excluding tert-OH is 1. The topological polar surface area (TPSA) is 221 Å². The van der Waals surface area contributed by atoms with Crippen LogP contribution in [0.1, 0.15) is 90.6 Å². The molecule has 2 saturated heterocycles. The number of hydrogen-bond donors (Lipinski definition) is 7.